The SMILES string of the molecule is CCCCCCCCC/C=C/C(O)C(CO)NC(=O)CCCCCCCCCCCCCCCCCCCCCCCCCCOC(=O)CCCCCCCCCCCCCCCC. The third-order valence-corrected chi connectivity index (χ3v) is 13.6. The number of unbranched alkanes of at least 4 members (excludes halogenated alkanes) is 43. The van der Waals surface area contributed by atoms with Crippen LogP contribution in [0.1, 0.15) is 322 Å². The first-order valence-electron chi connectivity index (χ1n) is 29.0. The maximum Gasteiger partial charge on any atom is 0.305 e. The van der Waals surface area contributed by atoms with Crippen molar-refractivity contribution in [3.63, 3.8) is 0 Å². The summed E-state index contributed by atoms with van der Waals surface area (Å²) in [7, 11) is 0. The minimum Gasteiger partial charge on any atom is -0.466 e. The maximum atomic E-state index is 12.4. The summed E-state index contributed by atoms with van der Waals surface area (Å²) in [6, 6.07) is -0.623. The van der Waals surface area contributed by atoms with Crippen molar-refractivity contribution in [1.82, 2.24) is 5.32 Å². The molecule has 0 aromatic heterocycles. The lowest BCUT2D eigenvalue weighted by atomic mass is 10.0. The van der Waals surface area contributed by atoms with Gasteiger partial charge in [0.05, 0.1) is 25.4 Å². The molecule has 0 saturated carbocycles. The Hall–Kier alpha value is -1.40. The molecule has 0 heterocycles. The number of amides is 1. The average Bonchev–Trinajstić information content (AvgIpc) is 3.29. The van der Waals surface area contributed by atoms with Gasteiger partial charge in [-0.3, -0.25) is 9.59 Å². The van der Waals surface area contributed by atoms with Crippen LogP contribution in [0.3, 0.4) is 0 Å². The molecule has 380 valence electrons. The zero-order valence-electron chi connectivity index (χ0n) is 43.3. The Morgan fingerprint density at radius 2 is 0.719 bits per heavy atom. The molecule has 0 aliphatic rings. The first-order chi connectivity index (χ1) is 31.5. The van der Waals surface area contributed by atoms with Gasteiger partial charge in [0.1, 0.15) is 0 Å². The smallest absolute Gasteiger partial charge is 0.305 e. The Balaban J connectivity index is 3.33. The van der Waals surface area contributed by atoms with E-state index in [4.69, 9.17) is 4.74 Å². The van der Waals surface area contributed by atoms with Gasteiger partial charge in [-0.15, -0.1) is 0 Å². The number of nitrogens with one attached hydrogen (secondary N) is 1. The molecule has 0 radical (unpaired) electrons. The quantitative estimate of drug-likeness (QED) is 0.0321. The van der Waals surface area contributed by atoms with Crippen LogP contribution >= 0.6 is 0 Å². The van der Waals surface area contributed by atoms with Crippen molar-refractivity contribution in [2.75, 3.05) is 13.2 Å². The van der Waals surface area contributed by atoms with Gasteiger partial charge in [0, 0.05) is 12.8 Å². The molecule has 64 heavy (non-hydrogen) atoms. The summed E-state index contributed by atoms with van der Waals surface area (Å²) in [5.41, 5.74) is 0. The number of aliphatic hydroxyl groups is 2. The van der Waals surface area contributed by atoms with E-state index in [9.17, 15) is 19.8 Å². The highest BCUT2D eigenvalue weighted by atomic mass is 16.5. The molecule has 0 fully saturated rings. The van der Waals surface area contributed by atoms with Crippen molar-refractivity contribution in [3.8, 4) is 0 Å². The monoisotopic (exact) mass is 904 g/mol. The molecule has 0 aliphatic heterocycles. The molecule has 3 N–H and O–H groups in total. The van der Waals surface area contributed by atoms with Gasteiger partial charge in [-0.25, -0.2) is 0 Å². The van der Waals surface area contributed by atoms with E-state index in [-0.39, 0.29) is 18.5 Å². The predicted molar refractivity (Wildman–Crippen MR) is 278 cm³/mol. The van der Waals surface area contributed by atoms with Crippen LogP contribution < -0.4 is 5.32 Å². The third-order valence-electron chi connectivity index (χ3n) is 13.6. The van der Waals surface area contributed by atoms with Gasteiger partial charge in [0.15, 0.2) is 0 Å². The van der Waals surface area contributed by atoms with Crippen molar-refractivity contribution in [1.29, 1.82) is 0 Å². The Morgan fingerprint density at radius 3 is 1.06 bits per heavy atom. The van der Waals surface area contributed by atoms with Crippen LogP contribution in [0.2, 0.25) is 0 Å². The first-order valence-corrected chi connectivity index (χ1v) is 29.0. The largest absolute Gasteiger partial charge is 0.466 e. The lowest BCUT2D eigenvalue weighted by Crippen LogP contribution is -2.45. The van der Waals surface area contributed by atoms with Gasteiger partial charge in [0.25, 0.3) is 0 Å². The fraction of sp³-hybridized carbons (Fsp3) is 0.931. The Bertz CT molecular complexity index is 955. The van der Waals surface area contributed by atoms with Crippen molar-refractivity contribution in [3.05, 3.63) is 12.2 Å². The average molecular weight is 905 g/mol. The van der Waals surface area contributed by atoms with E-state index in [1.165, 1.54) is 257 Å². The summed E-state index contributed by atoms with van der Waals surface area (Å²) in [6.45, 7) is 4.89. The highest BCUT2D eigenvalue weighted by molar-refractivity contribution is 5.76. The number of allylic oxidation sites excluding steroid dienone is 1. The molecule has 2 unspecified atom stereocenters. The molecule has 0 aromatic rings. The molecule has 2 atom stereocenters. The van der Waals surface area contributed by atoms with Gasteiger partial charge < -0.3 is 20.3 Å². The highest BCUT2D eigenvalue weighted by Gasteiger charge is 2.18. The molecular weight excluding hydrogens is 791 g/mol. The van der Waals surface area contributed by atoms with Crippen molar-refractivity contribution >= 4 is 11.9 Å². The summed E-state index contributed by atoms with van der Waals surface area (Å²) in [5.74, 6) is -0.0511. The number of hydrogen-bond acceptors (Lipinski definition) is 5. The van der Waals surface area contributed by atoms with Gasteiger partial charge in [-0.2, -0.15) is 0 Å². The Labute approximate surface area is 399 Å². The molecule has 1 amide bonds. The molecule has 6 nitrogen and oxygen atoms in total. The number of ether oxygens (including phenoxy) is 1. The molecule has 0 spiro atoms. The van der Waals surface area contributed by atoms with Crippen molar-refractivity contribution in [2.24, 2.45) is 0 Å². The fourth-order valence-corrected chi connectivity index (χ4v) is 9.11. The lowest BCUT2D eigenvalue weighted by Gasteiger charge is -2.20. The molecular formula is C58H113NO5. The van der Waals surface area contributed by atoms with E-state index in [1.54, 1.807) is 6.08 Å². The third kappa shape index (κ3) is 50.0. The van der Waals surface area contributed by atoms with Crippen LogP contribution in [0.15, 0.2) is 12.2 Å². The van der Waals surface area contributed by atoms with E-state index in [1.807, 2.05) is 6.08 Å². The minimum absolute atomic E-state index is 0.0174. The lowest BCUT2D eigenvalue weighted by molar-refractivity contribution is -0.143. The van der Waals surface area contributed by atoms with Crippen LogP contribution in [0.5, 0.6) is 0 Å². The Morgan fingerprint density at radius 1 is 0.422 bits per heavy atom. The van der Waals surface area contributed by atoms with Crippen LogP contribution in [-0.4, -0.2) is 47.4 Å². The summed E-state index contributed by atoms with van der Waals surface area (Å²) in [5, 5.41) is 22.9. The summed E-state index contributed by atoms with van der Waals surface area (Å²) < 4.78 is 5.48. The highest BCUT2D eigenvalue weighted by Crippen LogP contribution is 2.18. The van der Waals surface area contributed by atoms with Crippen LogP contribution in [0, 0.1) is 0 Å². The van der Waals surface area contributed by atoms with Crippen molar-refractivity contribution in [2.45, 2.75) is 334 Å². The van der Waals surface area contributed by atoms with E-state index in [0.717, 1.165) is 38.5 Å². The van der Waals surface area contributed by atoms with Gasteiger partial charge in [0.2, 0.25) is 5.91 Å². The van der Waals surface area contributed by atoms with Crippen LogP contribution in [-0.2, 0) is 14.3 Å². The number of aliphatic hydroxyl groups excluding tert-OH is 2. The second-order valence-corrected chi connectivity index (χ2v) is 20.0. The predicted octanol–water partition coefficient (Wildman–Crippen LogP) is 17.7. The minimum atomic E-state index is -0.840. The van der Waals surface area contributed by atoms with Gasteiger partial charge in [-0.1, -0.05) is 289 Å². The number of esters is 1. The number of rotatable bonds is 54. The van der Waals surface area contributed by atoms with E-state index in [0.29, 0.717) is 19.4 Å². The van der Waals surface area contributed by atoms with Crippen LogP contribution in [0.25, 0.3) is 0 Å². The molecule has 6 heteroatoms. The standard InChI is InChI=1S/C58H113NO5/c1-3-5-7-9-11-13-14-15-29-32-36-40-44-48-52-58(63)64-53-49-45-41-37-33-30-27-25-23-21-19-17-16-18-20-22-24-26-28-31-35-39-43-47-51-57(62)59-55(54-60)56(61)50-46-42-38-34-12-10-8-6-4-2/h46,50,55-56,60-61H,3-45,47-49,51-54H2,1-2H3,(H,59,62)/b50-46+. The van der Waals surface area contributed by atoms with E-state index >= 15 is 0 Å². The number of carbonyl (C=O) groups is 2. The molecule has 0 bridgehead atoms. The topological polar surface area (TPSA) is 95.9 Å². The zero-order chi connectivity index (χ0) is 46.5. The maximum absolute atomic E-state index is 12.4. The number of hydrogen-bond donors (Lipinski definition) is 3. The normalized spacial score (nSPS) is 12.6. The second-order valence-electron chi connectivity index (χ2n) is 20.0. The van der Waals surface area contributed by atoms with Gasteiger partial charge >= 0.3 is 5.97 Å². The molecule has 0 aliphatic carbocycles. The summed E-state index contributed by atoms with van der Waals surface area (Å²) in [6.07, 6.45) is 64.0. The second kappa shape index (κ2) is 54.2. The van der Waals surface area contributed by atoms with Gasteiger partial charge in [-0.05, 0) is 32.1 Å². The van der Waals surface area contributed by atoms with Crippen molar-refractivity contribution < 1.29 is 24.5 Å². The van der Waals surface area contributed by atoms with E-state index in [2.05, 4.69) is 19.2 Å². The molecule has 0 rings (SSSR count). The van der Waals surface area contributed by atoms with E-state index < -0.39 is 12.1 Å². The Kier molecular flexibility index (Phi) is 53.0. The first kappa shape index (κ1) is 62.6. The number of carbonyl (C=O) groups excluding carboxylic acids is 2. The fourth-order valence-electron chi connectivity index (χ4n) is 9.11. The summed E-state index contributed by atoms with van der Waals surface area (Å²) >= 11 is 0. The van der Waals surface area contributed by atoms with Crippen LogP contribution in [0.4, 0.5) is 0 Å². The zero-order valence-corrected chi connectivity index (χ0v) is 43.3. The molecule has 0 saturated heterocycles. The summed E-state index contributed by atoms with van der Waals surface area (Å²) in [4.78, 5) is 24.4. The molecule has 0 aromatic carbocycles.